The van der Waals surface area contributed by atoms with Gasteiger partial charge in [0, 0.05) is 35.9 Å². The summed E-state index contributed by atoms with van der Waals surface area (Å²) in [5.41, 5.74) is 6.58. The van der Waals surface area contributed by atoms with Crippen molar-refractivity contribution in [3.8, 4) is 22.4 Å². The molecule has 0 saturated heterocycles. The van der Waals surface area contributed by atoms with Gasteiger partial charge >= 0.3 is 0 Å². The number of benzene rings is 1. The highest BCUT2D eigenvalue weighted by atomic mass is 15.0. The van der Waals surface area contributed by atoms with E-state index in [0.717, 1.165) is 22.5 Å². The fourth-order valence-electron chi connectivity index (χ4n) is 2.70. The topological polar surface area (TPSA) is 30.2 Å². The first-order chi connectivity index (χ1) is 10.8. The first kappa shape index (κ1) is 12.8. The van der Waals surface area contributed by atoms with E-state index in [1.807, 2.05) is 41.1 Å². The lowest BCUT2D eigenvalue weighted by molar-refractivity contribution is 1.19. The Morgan fingerprint density at radius 3 is 2.64 bits per heavy atom. The summed E-state index contributed by atoms with van der Waals surface area (Å²) >= 11 is 0. The van der Waals surface area contributed by atoms with Gasteiger partial charge < -0.3 is 4.40 Å². The van der Waals surface area contributed by atoms with Crippen LogP contribution in [0.2, 0.25) is 0 Å². The SMILES string of the molecule is Cc1cc(-c2cccnc2)cc(-c2cn3ccccc3n2)c1. The van der Waals surface area contributed by atoms with E-state index >= 15 is 0 Å². The van der Waals surface area contributed by atoms with Crippen LogP contribution in [0.4, 0.5) is 0 Å². The van der Waals surface area contributed by atoms with Crippen molar-refractivity contribution in [2.45, 2.75) is 6.92 Å². The Morgan fingerprint density at radius 2 is 1.82 bits per heavy atom. The highest BCUT2D eigenvalue weighted by Crippen LogP contribution is 2.27. The number of fused-ring (bicyclic) bond motifs is 1. The van der Waals surface area contributed by atoms with Gasteiger partial charge in [0.1, 0.15) is 5.65 Å². The Kier molecular flexibility index (Phi) is 2.97. The molecule has 0 radical (unpaired) electrons. The van der Waals surface area contributed by atoms with Crippen LogP contribution in [-0.4, -0.2) is 14.4 Å². The summed E-state index contributed by atoms with van der Waals surface area (Å²) in [4.78, 5) is 8.91. The number of hydrogen-bond donors (Lipinski definition) is 0. The normalized spacial score (nSPS) is 11.0. The van der Waals surface area contributed by atoms with Gasteiger partial charge in [-0.05, 0) is 48.4 Å². The Hall–Kier alpha value is -2.94. The molecule has 4 aromatic rings. The van der Waals surface area contributed by atoms with Gasteiger partial charge in [-0.2, -0.15) is 0 Å². The minimum absolute atomic E-state index is 0.960. The van der Waals surface area contributed by atoms with Crippen LogP contribution in [0.25, 0.3) is 28.0 Å². The van der Waals surface area contributed by atoms with Crippen molar-refractivity contribution in [3.63, 3.8) is 0 Å². The summed E-state index contributed by atoms with van der Waals surface area (Å²) < 4.78 is 2.04. The molecule has 3 aromatic heterocycles. The van der Waals surface area contributed by atoms with Crippen molar-refractivity contribution in [2.24, 2.45) is 0 Å². The Labute approximate surface area is 128 Å². The zero-order valence-electron chi connectivity index (χ0n) is 12.3. The quantitative estimate of drug-likeness (QED) is 0.547. The molecule has 0 N–H and O–H groups in total. The lowest BCUT2D eigenvalue weighted by atomic mass is 10.0. The third kappa shape index (κ3) is 2.27. The van der Waals surface area contributed by atoms with Crippen LogP contribution in [0.15, 0.2) is 73.3 Å². The van der Waals surface area contributed by atoms with Gasteiger partial charge in [-0.25, -0.2) is 4.98 Å². The van der Waals surface area contributed by atoms with E-state index in [1.54, 1.807) is 6.20 Å². The van der Waals surface area contributed by atoms with Crippen molar-refractivity contribution in [1.82, 2.24) is 14.4 Å². The molecule has 4 rings (SSSR count). The van der Waals surface area contributed by atoms with Crippen LogP contribution in [0.1, 0.15) is 5.56 Å². The van der Waals surface area contributed by atoms with Gasteiger partial charge in [-0.3, -0.25) is 4.98 Å². The average molecular weight is 285 g/mol. The maximum Gasteiger partial charge on any atom is 0.137 e. The molecule has 0 aliphatic carbocycles. The molecule has 3 nitrogen and oxygen atoms in total. The molecule has 0 amide bonds. The summed E-state index contributed by atoms with van der Waals surface area (Å²) in [6.07, 6.45) is 7.77. The summed E-state index contributed by atoms with van der Waals surface area (Å²) in [6, 6.07) is 16.6. The highest BCUT2D eigenvalue weighted by molar-refractivity contribution is 5.73. The minimum Gasteiger partial charge on any atom is -0.306 e. The lowest BCUT2D eigenvalue weighted by Crippen LogP contribution is -1.85. The van der Waals surface area contributed by atoms with Crippen molar-refractivity contribution in [2.75, 3.05) is 0 Å². The van der Waals surface area contributed by atoms with Crippen molar-refractivity contribution < 1.29 is 0 Å². The van der Waals surface area contributed by atoms with Gasteiger partial charge in [0.05, 0.1) is 5.69 Å². The van der Waals surface area contributed by atoms with Crippen LogP contribution in [-0.2, 0) is 0 Å². The second kappa shape index (κ2) is 5.11. The second-order valence-corrected chi connectivity index (χ2v) is 5.42. The maximum atomic E-state index is 4.71. The fraction of sp³-hybridized carbons (Fsp3) is 0.0526. The Bertz CT molecular complexity index is 906. The highest BCUT2D eigenvalue weighted by Gasteiger charge is 2.07. The van der Waals surface area contributed by atoms with Gasteiger partial charge in [0.15, 0.2) is 0 Å². The number of aryl methyl sites for hydroxylation is 1. The van der Waals surface area contributed by atoms with Crippen LogP contribution in [0.5, 0.6) is 0 Å². The van der Waals surface area contributed by atoms with Crippen LogP contribution in [0.3, 0.4) is 0 Å². The third-order valence-electron chi connectivity index (χ3n) is 3.73. The first-order valence-corrected chi connectivity index (χ1v) is 7.26. The lowest BCUT2D eigenvalue weighted by Gasteiger charge is -2.06. The van der Waals surface area contributed by atoms with E-state index in [9.17, 15) is 0 Å². The number of pyridine rings is 2. The van der Waals surface area contributed by atoms with Crippen molar-refractivity contribution in [1.29, 1.82) is 0 Å². The van der Waals surface area contributed by atoms with E-state index in [4.69, 9.17) is 4.98 Å². The Balaban J connectivity index is 1.86. The van der Waals surface area contributed by atoms with E-state index in [1.165, 1.54) is 11.1 Å². The fourth-order valence-corrected chi connectivity index (χ4v) is 2.70. The van der Waals surface area contributed by atoms with Gasteiger partial charge in [-0.1, -0.05) is 18.2 Å². The number of nitrogens with zero attached hydrogens (tertiary/aromatic N) is 3. The average Bonchev–Trinajstić information content (AvgIpc) is 2.99. The first-order valence-electron chi connectivity index (χ1n) is 7.26. The molecular weight excluding hydrogens is 270 g/mol. The summed E-state index contributed by atoms with van der Waals surface area (Å²) in [7, 11) is 0. The van der Waals surface area contributed by atoms with Crippen LogP contribution < -0.4 is 0 Å². The predicted molar refractivity (Wildman–Crippen MR) is 88.6 cm³/mol. The van der Waals surface area contributed by atoms with Crippen LogP contribution >= 0.6 is 0 Å². The summed E-state index contributed by atoms with van der Waals surface area (Å²) in [5, 5.41) is 0. The molecule has 0 aliphatic heterocycles. The standard InChI is InChI=1S/C19H15N3/c1-14-9-16(15-5-4-7-20-12-15)11-17(10-14)18-13-22-8-3-2-6-19(22)21-18/h2-13H,1H3. The molecule has 106 valence electrons. The molecular formula is C19H15N3. The smallest absolute Gasteiger partial charge is 0.137 e. The zero-order chi connectivity index (χ0) is 14.9. The monoisotopic (exact) mass is 285 g/mol. The number of rotatable bonds is 2. The molecule has 0 aliphatic rings. The van der Waals surface area contributed by atoms with Gasteiger partial charge in [0.2, 0.25) is 0 Å². The maximum absolute atomic E-state index is 4.71. The zero-order valence-corrected chi connectivity index (χ0v) is 12.3. The molecule has 0 bridgehead atoms. The number of imidazole rings is 1. The minimum atomic E-state index is 0.960. The molecule has 0 fully saturated rings. The number of hydrogen-bond acceptors (Lipinski definition) is 2. The largest absolute Gasteiger partial charge is 0.306 e. The van der Waals surface area contributed by atoms with E-state index in [2.05, 4.69) is 42.4 Å². The van der Waals surface area contributed by atoms with Crippen molar-refractivity contribution >= 4 is 5.65 Å². The van der Waals surface area contributed by atoms with E-state index in [-0.39, 0.29) is 0 Å². The molecule has 3 heterocycles. The summed E-state index contributed by atoms with van der Waals surface area (Å²) in [6.45, 7) is 2.11. The van der Waals surface area contributed by atoms with E-state index in [0.29, 0.717) is 0 Å². The summed E-state index contributed by atoms with van der Waals surface area (Å²) in [5.74, 6) is 0. The molecule has 0 unspecified atom stereocenters. The Morgan fingerprint density at radius 1 is 0.909 bits per heavy atom. The van der Waals surface area contributed by atoms with E-state index < -0.39 is 0 Å². The predicted octanol–water partition coefficient (Wildman–Crippen LogP) is 4.37. The molecule has 0 spiro atoms. The second-order valence-electron chi connectivity index (χ2n) is 5.42. The van der Waals surface area contributed by atoms with Crippen molar-refractivity contribution in [3.05, 3.63) is 78.9 Å². The molecule has 1 aromatic carbocycles. The molecule has 0 saturated carbocycles. The molecule has 3 heteroatoms. The van der Waals surface area contributed by atoms with Crippen LogP contribution in [0, 0.1) is 6.92 Å². The van der Waals surface area contributed by atoms with Gasteiger partial charge in [-0.15, -0.1) is 0 Å². The number of aromatic nitrogens is 3. The third-order valence-corrected chi connectivity index (χ3v) is 3.73. The van der Waals surface area contributed by atoms with Gasteiger partial charge in [0.25, 0.3) is 0 Å². The molecule has 0 atom stereocenters. The molecule has 22 heavy (non-hydrogen) atoms.